The van der Waals surface area contributed by atoms with Crippen LogP contribution in [0.4, 0.5) is 0 Å². The van der Waals surface area contributed by atoms with Gasteiger partial charge in [0.15, 0.2) is 0 Å². The monoisotopic (exact) mass is 266 g/mol. The van der Waals surface area contributed by atoms with Gasteiger partial charge in [0.2, 0.25) is 0 Å². The molecule has 0 bridgehead atoms. The highest BCUT2D eigenvalue weighted by Crippen LogP contribution is 2.25. The number of hydrogen-bond acceptors (Lipinski definition) is 4. The standard InChI is InChI=1S/C14H18O5/c1-17-11-4-5-13(12(9-11)14(15)16)19-8-6-10-3-2-7-18-10/h4-5,9-10H,2-3,6-8H2,1H3,(H,15,16). The van der Waals surface area contributed by atoms with E-state index in [0.29, 0.717) is 18.1 Å². The summed E-state index contributed by atoms with van der Waals surface area (Å²) in [6.07, 6.45) is 3.17. The number of aromatic carboxylic acids is 1. The average molecular weight is 266 g/mol. The van der Waals surface area contributed by atoms with E-state index in [-0.39, 0.29) is 11.7 Å². The zero-order chi connectivity index (χ0) is 13.7. The van der Waals surface area contributed by atoms with Crippen molar-refractivity contribution in [3.8, 4) is 11.5 Å². The lowest BCUT2D eigenvalue weighted by molar-refractivity contribution is 0.0688. The second-order valence-electron chi connectivity index (χ2n) is 4.44. The van der Waals surface area contributed by atoms with E-state index in [1.54, 1.807) is 12.1 Å². The Bertz CT molecular complexity index is 437. The van der Waals surface area contributed by atoms with Gasteiger partial charge >= 0.3 is 5.97 Å². The van der Waals surface area contributed by atoms with Crippen molar-refractivity contribution in [1.82, 2.24) is 0 Å². The fourth-order valence-electron chi connectivity index (χ4n) is 2.10. The van der Waals surface area contributed by atoms with Crippen molar-refractivity contribution >= 4 is 5.97 Å². The molecule has 1 heterocycles. The van der Waals surface area contributed by atoms with Crippen molar-refractivity contribution in [3.05, 3.63) is 23.8 Å². The number of carboxylic acid groups (broad SMARTS) is 1. The molecule has 1 aromatic rings. The molecule has 1 aliphatic heterocycles. The van der Waals surface area contributed by atoms with Crippen LogP contribution in [0.15, 0.2) is 18.2 Å². The number of hydrogen-bond donors (Lipinski definition) is 1. The number of carbonyl (C=O) groups is 1. The van der Waals surface area contributed by atoms with Crippen molar-refractivity contribution in [2.45, 2.75) is 25.4 Å². The molecule has 1 fully saturated rings. The van der Waals surface area contributed by atoms with E-state index in [1.165, 1.54) is 13.2 Å². The average Bonchev–Trinajstić information content (AvgIpc) is 2.92. The van der Waals surface area contributed by atoms with Crippen molar-refractivity contribution in [3.63, 3.8) is 0 Å². The van der Waals surface area contributed by atoms with Gasteiger partial charge in [-0.1, -0.05) is 0 Å². The van der Waals surface area contributed by atoms with Crippen LogP contribution >= 0.6 is 0 Å². The lowest BCUT2D eigenvalue weighted by Gasteiger charge is -2.13. The fraction of sp³-hybridized carbons (Fsp3) is 0.500. The summed E-state index contributed by atoms with van der Waals surface area (Å²) in [6, 6.07) is 4.77. The van der Waals surface area contributed by atoms with Gasteiger partial charge in [0.25, 0.3) is 0 Å². The molecule has 1 N–H and O–H groups in total. The molecule has 0 amide bonds. The molecule has 0 aromatic heterocycles. The third-order valence-electron chi connectivity index (χ3n) is 3.14. The molecule has 5 nitrogen and oxygen atoms in total. The van der Waals surface area contributed by atoms with Gasteiger partial charge in [-0.3, -0.25) is 0 Å². The van der Waals surface area contributed by atoms with Crippen molar-refractivity contribution in [1.29, 1.82) is 0 Å². The molecule has 1 unspecified atom stereocenters. The Morgan fingerprint density at radius 3 is 3.00 bits per heavy atom. The predicted molar refractivity (Wildman–Crippen MR) is 69.0 cm³/mol. The molecule has 1 saturated heterocycles. The first-order valence-electron chi connectivity index (χ1n) is 6.36. The van der Waals surface area contributed by atoms with E-state index in [1.807, 2.05) is 0 Å². The van der Waals surface area contributed by atoms with Crippen LogP contribution in [0.3, 0.4) is 0 Å². The van der Waals surface area contributed by atoms with Gasteiger partial charge in [0, 0.05) is 13.0 Å². The molecule has 1 atom stereocenters. The molecule has 0 radical (unpaired) electrons. The minimum atomic E-state index is -1.02. The molecular formula is C14H18O5. The molecule has 19 heavy (non-hydrogen) atoms. The lowest BCUT2D eigenvalue weighted by Crippen LogP contribution is -2.12. The topological polar surface area (TPSA) is 65.0 Å². The van der Waals surface area contributed by atoms with Gasteiger partial charge in [-0.25, -0.2) is 4.79 Å². The normalized spacial score (nSPS) is 18.3. The summed E-state index contributed by atoms with van der Waals surface area (Å²) in [5, 5.41) is 9.14. The highest BCUT2D eigenvalue weighted by molar-refractivity contribution is 5.91. The van der Waals surface area contributed by atoms with Gasteiger partial charge in [-0.05, 0) is 31.0 Å². The zero-order valence-corrected chi connectivity index (χ0v) is 10.9. The molecule has 1 aromatic carbocycles. The number of carboxylic acids is 1. The van der Waals surface area contributed by atoms with Gasteiger partial charge in [-0.15, -0.1) is 0 Å². The molecule has 1 aliphatic rings. The third-order valence-corrected chi connectivity index (χ3v) is 3.14. The molecule has 0 spiro atoms. The molecule has 2 rings (SSSR count). The minimum Gasteiger partial charge on any atom is -0.497 e. The Labute approximate surface area is 112 Å². The van der Waals surface area contributed by atoms with E-state index in [4.69, 9.17) is 19.3 Å². The summed E-state index contributed by atoms with van der Waals surface area (Å²) in [7, 11) is 1.50. The van der Waals surface area contributed by atoms with Crippen molar-refractivity contribution in [2.75, 3.05) is 20.3 Å². The maximum atomic E-state index is 11.1. The molecule has 104 valence electrons. The first-order chi connectivity index (χ1) is 9.20. The van der Waals surface area contributed by atoms with E-state index in [9.17, 15) is 4.79 Å². The van der Waals surface area contributed by atoms with Crippen LogP contribution in [0.5, 0.6) is 11.5 Å². The Balaban J connectivity index is 1.96. The zero-order valence-electron chi connectivity index (χ0n) is 10.9. The summed E-state index contributed by atoms with van der Waals surface area (Å²) in [5.41, 5.74) is 0.117. The van der Waals surface area contributed by atoms with Crippen LogP contribution in [-0.2, 0) is 4.74 Å². The number of methoxy groups -OCH3 is 1. The Hall–Kier alpha value is -1.75. The van der Waals surface area contributed by atoms with Gasteiger partial charge < -0.3 is 19.3 Å². The summed E-state index contributed by atoms with van der Waals surface area (Å²) < 4.78 is 16.0. The predicted octanol–water partition coefficient (Wildman–Crippen LogP) is 2.34. The highest BCUT2D eigenvalue weighted by atomic mass is 16.5. The quantitative estimate of drug-likeness (QED) is 0.856. The van der Waals surface area contributed by atoms with E-state index >= 15 is 0 Å². The molecular weight excluding hydrogens is 248 g/mol. The molecule has 0 saturated carbocycles. The summed E-state index contributed by atoms with van der Waals surface area (Å²) in [6.45, 7) is 1.27. The Morgan fingerprint density at radius 1 is 1.53 bits per heavy atom. The number of ether oxygens (including phenoxy) is 3. The first-order valence-corrected chi connectivity index (χ1v) is 6.36. The van der Waals surface area contributed by atoms with Crippen molar-refractivity contribution < 1.29 is 24.1 Å². The van der Waals surface area contributed by atoms with Crippen LogP contribution in [0.1, 0.15) is 29.6 Å². The smallest absolute Gasteiger partial charge is 0.339 e. The Kier molecular flexibility index (Phi) is 4.63. The van der Waals surface area contributed by atoms with Crippen LogP contribution in [-0.4, -0.2) is 37.5 Å². The molecule has 5 heteroatoms. The summed E-state index contributed by atoms with van der Waals surface area (Å²) in [4.78, 5) is 11.1. The maximum Gasteiger partial charge on any atom is 0.339 e. The second kappa shape index (κ2) is 6.43. The largest absolute Gasteiger partial charge is 0.497 e. The van der Waals surface area contributed by atoms with E-state index in [2.05, 4.69) is 0 Å². The fourth-order valence-corrected chi connectivity index (χ4v) is 2.10. The highest BCUT2D eigenvalue weighted by Gasteiger charge is 2.17. The summed E-state index contributed by atoms with van der Waals surface area (Å²) >= 11 is 0. The lowest BCUT2D eigenvalue weighted by atomic mass is 10.2. The summed E-state index contributed by atoms with van der Waals surface area (Å²) in [5.74, 6) is -0.152. The van der Waals surface area contributed by atoms with Crippen LogP contribution in [0, 0.1) is 0 Å². The van der Waals surface area contributed by atoms with Gasteiger partial charge in [0.1, 0.15) is 17.1 Å². The number of benzene rings is 1. The maximum absolute atomic E-state index is 11.1. The second-order valence-corrected chi connectivity index (χ2v) is 4.44. The SMILES string of the molecule is COc1ccc(OCCC2CCCO2)c(C(=O)O)c1. The molecule has 0 aliphatic carbocycles. The minimum absolute atomic E-state index is 0.117. The van der Waals surface area contributed by atoms with Gasteiger partial charge in [-0.2, -0.15) is 0 Å². The van der Waals surface area contributed by atoms with Crippen molar-refractivity contribution in [2.24, 2.45) is 0 Å². The Morgan fingerprint density at radius 2 is 2.37 bits per heavy atom. The van der Waals surface area contributed by atoms with E-state index < -0.39 is 5.97 Å². The first kappa shape index (κ1) is 13.7. The van der Waals surface area contributed by atoms with Crippen LogP contribution in [0.25, 0.3) is 0 Å². The number of rotatable bonds is 6. The third kappa shape index (κ3) is 3.61. The van der Waals surface area contributed by atoms with Crippen LogP contribution in [0.2, 0.25) is 0 Å². The van der Waals surface area contributed by atoms with Gasteiger partial charge in [0.05, 0.1) is 19.8 Å². The van der Waals surface area contributed by atoms with Crippen LogP contribution < -0.4 is 9.47 Å². The van der Waals surface area contributed by atoms with E-state index in [0.717, 1.165) is 25.9 Å².